The third-order valence-electron chi connectivity index (χ3n) is 4.96. The first-order valence-electron chi connectivity index (χ1n) is 10.6. The standard InChI is InChI=1S/C23H27F3N2O5/c1-16(2)31-19-9-5-18(6-10-19)27-21(29)33-22(30)11-13-28(14-12-22)15-17-3-7-20(8-4-17)32-23(24,25)26/h3-10,16,30H,11-15H2,1-2H3,(H,27,29). The summed E-state index contributed by atoms with van der Waals surface area (Å²) in [5, 5.41) is 13.2. The fourth-order valence-corrected chi connectivity index (χ4v) is 3.42. The number of nitrogens with zero attached hydrogens (tertiary/aromatic N) is 1. The van der Waals surface area contributed by atoms with Crippen LogP contribution in [0.15, 0.2) is 48.5 Å². The van der Waals surface area contributed by atoms with E-state index in [1.807, 2.05) is 18.7 Å². The van der Waals surface area contributed by atoms with Crippen LogP contribution < -0.4 is 14.8 Å². The lowest BCUT2D eigenvalue weighted by atomic mass is 10.0. The highest BCUT2D eigenvalue weighted by Crippen LogP contribution is 2.27. The van der Waals surface area contributed by atoms with Gasteiger partial charge in [-0.05, 0) is 55.8 Å². The highest BCUT2D eigenvalue weighted by atomic mass is 19.4. The minimum atomic E-state index is -4.73. The molecule has 0 aromatic heterocycles. The molecule has 0 spiro atoms. The zero-order valence-corrected chi connectivity index (χ0v) is 18.4. The average Bonchev–Trinajstić information content (AvgIpc) is 2.71. The van der Waals surface area contributed by atoms with Crippen LogP contribution in [-0.2, 0) is 11.3 Å². The number of aliphatic hydroxyl groups is 1. The lowest BCUT2D eigenvalue weighted by Gasteiger charge is -2.37. The number of carbonyl (C=O) groups is 1. The van der Waals surface area contributed by atoms with Crippen molar-refractivity contribution >= 4 is 11.8 Å². The topological polar surface area (TPSA) is 80.3 Å². The maximum Gasteiger partial charge on any atom is 0.573 e. The highest BCUT2D eigenvalue weighted by molar-refractivity contribution is 5.84. The molecule has 0 atom stereocenters. The SMILES string of the molecule is CC(C)Oc1ccc(NC(=O)OC2(O)CCN(Cc3ccc(OC(F)(F)F)cc3)CC2)cc1. The molecule has 2 aromatic rings. The van der Waals surface area contributed by atoms with Gasteiger partial charge in [0.05, 0.1) is 6.10 Å². The summed E-state index contributed by atoms with van der Waals surface area (Å²) in [5.74, 6) is -1.19. The number of benzene rings is 2. The van der Waals surface area contributed by atoms with Crippen LogP contribution >= 0.6 is 0 Å². The van der Waals surface area contributed by atoms with Gasteiger partial charge in [-0.25, -0.2) is 4.79 Å². The van der Waals surface area contributed by atoms with E-state index in [0.717, 1.165) is 5.56 Å². The van der Waals surface area contributed by atoms with Gasteiger partial charge >= 0.3 is 12.5 Å². The first-order valence-corrected chi connectivity index (χ1v) is 10.6. The summed E-state index contributed by atoms with van der Waals surface area (Å²) in [6.07, 6.45) is -5.04. The van der Waals surface area contributed by atoms with Crippen LogP contribution in [0.5, 0.6) is 11.5 Å². The van der Waals surface area contributed by atoms with Gasteiger partial charge in [-0.3, -0.25) is 10.2 Å². The molecule has 2 aromatic carbocycles. The van der Waals surface area contributed by atoms with Crippen LogP contribution in [0, 0.1) is 0 Å². The Morgan fingerprint density at radius 2 is 1.64 bits per heavy atom. The van der Waals surface area contributed by atoms with Gasteiger partial charge in [0.15, 0.2) is 0 Å². The number of hydrogen-bond donors (Lipinski definition) is 2. The number of carbonyl (C=O) groups excluding carboxylic acids is 1. The summed E-state index contributed by atoms with van der Waals surface area (Å²) in [6.45, 7) is 5.22. The molecule has 1 heterocycles. The predicted molar refractivity (Wildman–Crippen MR) is 115 cm³/mol. The number of likely N-dealkylation sites (tertiary alicyclic amines) is 1. The predicted octanol–water partition coefficient (Wildman–Crippen LogP) is 4.91. The Kier molecular flexibility index (Phi) is 7.70. The quantitative estimate of drug-likeness (QED) is 0.563. The van der Waals surface area contributed by atoms with Crippen molar-refractivity contribution in [3.63, 3.8) is 0 Å². The van der Waals surface area contributed by atoms with Crippen molar-refractivity contribution in [3.05, 3.63) is 54.1 Å². The summed E-state index contributed by atoms with van der Waals surface area (Å²) in [5.41, 5.74) is 1.31. The van der Waals surface area contributed by atoms with Crippen molar-refractivity contribution in [3.8, 4) is 11.5 Å². The van der Waals surface area contributed by atoms with Crippen LogP contribution in [0.4, 0.5) is 23.7 Å². The smallest absolute Gasteiger partial charge is 0.491 e. The Morgan fingerprint density at radius 3 is 2.18 bits per heavy atom. The Morgan fingerprint density at radius 1 is 1.06 bits per heavy atom. The third-order valence-corrected chi connectivity index (χ3v) is 4.96. The maximum absolute atomic E-state index is 12.3. The van der Waals surface area contributed by atoms with Crippen LogP contribution in [0.25, 0.3) is 0 Å². The van der Waals surface area contributed by atoms with E-state index in [4.69, 9.17) is 9.47 Å². The normalized spacial score (nSPS) is 16.3. The lowest BCUT2D eigenvalue weighted by Crippen LogP contribution is -2.47. The van der Waals surface area contributed by atoms with Crippen molar-refractivity contribution in [1.29, 1.82) is 0 Å². The molecule has 2 N–H and O–H groups in total. The van der Waals surface area contributed by atoms with Crippen molar-refractivity contribution < 1.29 is 37.3 Å². The molecule has 1 aliphatic rings. The van der Waals surface area contributed by atoms with Gasteiger partial charge in [-0.2, -0.15) is 0 Å². The molecule has 3 rings (SSSR count). The molecule has 0 radical (unpaired) electrons. The summed E-state index contributed by atoms with van der Waals surface area (Å²) in [4.78, 5) is 14.2. The summed E-state index contributed by atoms with van der Waals surface area (Å²) in [6, 6.07) is 12.4. The molecular formula is C23H27F3N2O5. The average molecular weight is 468 g/mol. The number of ether oxygens (including phenoxy) is 3. The molecule has 0 unspecified atom stereocenters. The largest absolute Gasteiger partial charge is 0.573 e. The van der Waals surface area contributed by atoms with Crippen LogP contribution in [0.2, 0.25) is 0 Å². The number of rotatable bonds is 7. The van der Waals surface area contributed by atoms with E-state index in [9.17, 15) is 23.1 Å². The van der Waals surface area contributed by atoms with Crippen molar-refractivity contribution in [2.24, 2.45) is 0 Å². The lowest BCUT2D eigenvalue weighted by molar-refractivity contribution is -0.274. The second-order valence-corrected chi connectivity index (χ2v) is 8.12. The van der Waals surface area contributed by atoms with E-state index < -0.39 is 18.2 Å². The summed E-state index contributed by atoms with van der Waals surface area (Å²) in [7, 11) is 0. The molecule has 33 heavy (non-hydrogen) atoms. The fraction of sp³-hybridized carbons (Fsp3) is 0.435. The van der Waals surface area contributed by atoms with Gasteiger partial charge < -0.3 is 19.3 Å². The van der Waals surface area contributed by atoms with E-state index in [2.05, 4.69) is 10.1 Å². The van der Waals surface area contributed by atoms with Crippen LogP contribution in [0.3, 0.4) is 0 Å². The van der Waals surface area contributed by atoms with E-state index >= 15 is 0 Å². The maximum atomic E-state index is 12.3. The van der Waals surface area contributed by atoms with Crippen molar-refractivity contribution in [2.45, 2.75) is 51.5 Å². The molecule has 1 amide bonds. The number of anilines is 1. The number of hydrogen-bond acceptors (Lipinski definition) is 6. The second kappa shape index (κ2) is 10.3. The first-order chi connectivity index (χ1) is 15.5. The van der Waals surface area contributed by atoms with E-state index in [1.165, 1.54) is 12.1 Å². The molecule has 180 valence electrons. The monoisotopic (exact) mass is 468 g/mol. The van der Waals surface area contributed by atoms with E-state index in [1.54, 1.807) is 36.4 Å². The van der Waals surface area contributed by atoms with Gasteiger partial charge in [-0.1, -0.05) is 12.1 Å². The van der Waals surface area contributed by atoms with Crippen molar-refractivity contribution in [1.82, 2.24) is 4.90 Å². The van der Waals surface area contributed by atoms with Crippen LogP contribution in [0.1, 0.15) is 32.3 Å². The number of amides is 1. The number of halogens is 3. The Hall–Kier alpha value is -2.98. The Labute approximate surface area is 190 Å². The number of piperidine rings is 1. The van der Waals surface area contributed by atoms with Gasteiger partial charge in [-0.15, -0.1) is 13.2 Å². The molecule has 1 fully saturated rings. The summed E-state index contributed by atoms with van der Waals surface area (Å²) < 4.78 is 51.5. The van der Waals surface area contributed by atoms with Crippen molar-refractivity contribution in [2.75, 3.05) is 18.4 Å². The summed E-state index contributed by atoms with van der Waals surface area (Å²) >= 11 is 0. The van der Waals surface area contributed by atoms with Gasteiger partial charge in [0.25, 0.3) is 0 Å². The number of alkyl halides is 3. The molecular weight excluding hydrogens is 441 g/mol. The zero-order chi connectivity index (χ0) is 24.1. The van der Waals surface area contributed by atoms with Gasteiger partial charge in [0.1, 0.15) is 11.5 Å². The van der Waals surface area contributed by atoms with E-state index in [-0.39, 0.29) is 24.7 Å². The van der Waals surface area contributed by atoms with Gasteiger partial charge in [0.2, 0.25) is 5.79 Å². The van der Waals surface area contributed by atoms with E-state index in [0.29, 0.717) is 31.1 Å². The molecule has 1 aliphatic heterocycles. The first kappa shape index (κ1) is 24.7. The molecule has 10 heteroatoms. The Balaban J connectivity index is 1.44. The molecule has 0 bridgehead atoms. The molecule has 0 saturated carbocycles. The highest BCUT2D eigenvalue weighted by Gasteiger charge is 2.36. The fourth-order valence-electron chi connectivity index (χ4n) is 3.42. The zero-order valence-electron chi connectivity index (χ0n) is 18.4. The second-order valence-electron chi connectivity index (χ2n) is 8.12. The molecule has 1 saturated heterocycles. The van der Waals surface area contributed by atoms with Crippen LogP contribution in [-0.4, -0.2) is 47.4 Å². The third kappa shape index (κ3) is 8.14. The molecule has 0 aliphatic carbocycles. The van der Waals surface area contributed by atoms with Gasteiger partial charge in [0, 0.05) is 38.2 Å². The Bertz CT molecular complexity index is 909. The minimum absolute atomic E-state index is 0.0386. The number of nitrogens with one attached hydrogen (secondary N) is 1. The minimum Gasteiger partial charge on any atom is -0.491 e. The molecule has 7 nitrogen and oxygen atoms in total.